The summed E-state index contributed by atoms with van der Waals surface area (Å²) in [5.41, 5.74) is 1.04. The second-order valence-corrected chi connectivity index (χ2v) is 9.55. The van der Waals surface area contributed by atoms with Crippen molar-refractivity contribution < 1.29 is 8.42 Å². The maximum absolute atomic E-state index is 12.0. The first-order valence-electron chi connectivity index (χ1n) is 8.82. The van der Waals surface area contributed by atoms with Gasteiger partial charge in [-0.15, -0.1) is 11.3 Å². The first kappa shape index (κ1) is 20.1. The van der Waals surface area contributed by atoms with Crippen molar-refractivity contribution in [2.75, 3.05) is 25.4 Å². The molecule has 1 aromatic heterocycles. The van der Waals surface area contributed by atoms with E-state index < -0.39 is 10.0 Å². The van der Waals surface area contributed by atoms with Crippen molar-refractivity contribution in [1.29, 1.82) is 0 Å². The Morgan fingerprint density at radius 3 is 2.64 bits per heavy atom. The van der Waals surface area contributed by atoms with Crippen LogP contribution >= 0.6 is 11.3 Å². The van der Waals surface area contributed by atoms with Crippen LogP contribution < -0.4 is 15.4 Å². The highest BCUT2D eigenvalue weighted by Crippen LogP contribution is 2.25. The molecule has 3 N–H and O–H groups in total. The zero-order valence-corrected chi connectivity index (χ0v) is 16.9. The Morgan fingerprint density at radius 2 is 2.08 bits per heavy atom. The van der Waals surface area contributed by atoms with Gasteiger partial charge in [0.05, 0.1) is 18.0 Å². The molecule has 0 amide bonds. The number of aliphatic imine (C=N–C) groups is 1. The second-order valence-electron chi connectivity index (χ2n) is 6.34. The van der Waals surface area contributed by atoms with Crippen LogP contribution in [0.5, 0.6) is 0 Å². The summed E-state index contributed by atoms with van der Waals surface area (Å²) in [6.07, 6.45) is 3.48. The number of sulfonamides is 1. The van der Waals surface area contributed by atoms with Gasteiger partial charge in [0.25, 0.3) is 0 Å². The molecular weight excluding hydrogens is 358 g/mol. The van der Waals surface area contributed by atoms with E-state index in [1.54, 1.807) is 11.3 Å². The Labute approximate surface area is 154 Å². The predicted molar refractivity (Wildman–Crippen MR) is 104 cm³/mol. The smallest absolute Gasteiger partial charge is 0.213 e. The average molecular weight is 388 g/mol. The standard InChI is InChI=1S/C16H29N5O2S2/c1-4-17-16(19-11-15-21-12(2)13(3)24-15)18-8-9-25(22,23)20-10-14-6-5-7-14/h14,20H,4-11H2,1-3H3,(H2,17,18,19). The zero-order chi connectivity index (χ0) is 18.3. The molecule has 0 spiro atoms. The quantitative estimate of drug-likeness (QED) is 0.441. The van der Waals surface area contributed by atoms with Crippen LogP contribution in [0.3, 0.4) is 0 Å². The van der Waals surface area contributed by atoms with Gasteiger partial charge in [0, 0.05) is 24.5 Å². The summed E-state index contributed by atoms with van der Waals surface area (Å²) >= 11 is 1.64. The molecule has 0 aliphatic heterocycles. The Hall–Kier alpha value is -1.19. The van der Waals surface area contributed by atoms with Crippen molar-refractivity contribution in [3.8, 4) is 0 Å². The van der Waals surface area contributed by atoms with Crippen molar-refractivity contribution >= 4 is 27.3 Å². The van der Waals surface area contributed by atoms with Crippen LogP contribution in [0, 0.1) is 19.8 Å². The van der Waals surface area contributed by atoms with E-state index in [0.29, 0.717) is 38.1 Å². The highest BCUT2D eigenvalue weighted by molar-refractivity contribution is 7.89. The van der Waals surface area contributed by atoms with Gasteiger partial charge in [-0.25, -0.2) is 23.1 Å². The molecule has 2 rings (SSSR count). The van der Waals surface area contributed by atoms with Gasteiger partial charge in [-0.2, -0.15) is 0 Å². The lowest BCUT2D eigenvalue weighted by molar-refractivity contribution is 0.316. The summed E-state index contributed by atoms with van der Waals surface area (Å²) in [4.78, 5) is 10.1. The molecule has 0 bridgehead atoms. The van der Waals surface area contributed by atoms with E-state index in [0.717, 1.165) is 23.5 Å². The molecule has 1 saturated carbocycles. The Morgan fingerprint density at radius 1 is 1.32 bits per heavy atom. The molecule has 0 unspecified atom stereocenters. The van der Waals surface area contributed by atoms with E-state index >= 15 is 0 Å². The van der Waals surface area contributed by atoms with Gasteiger partial charge in [-0.3, -0.25) is 0 Å². The van der Waals surface area contributed by atoms with E-state index in [-0.39, 0.29) is 5.75 Å². The monoisotopic (exact) mass is 387 g/mol. The van der Waals surface area contributed by atoms with Crippen molar-refractivity contribution in [2.24, 2.45) is 10.9 Å². The van der Waals surface area contributed by atoms with Crippen LogP contribution in [0.4, 0.5) is 0 Å². The maximum atomic E-state index is 12.0. The van der Waals surface area contributed by atoms with Gasteiger partial charge in [0.1, 0.15) is 5.01 Å². The van der Waals surface area contributed by atoms with E-state index in [2.05, 4.69) is 25.3 Å². The lowest BCUT2D eigenvalue weighted by Crippen LogP contribution is -2.42. The van der Waals surface area contributed by atoms with Gasteiger partial charge in [-0.05, 0) is 39.5 Å². The van der Waals surface area contributed by atoms with E-state index in [1.165, 1.54) is 11.3 Å². The predicted octanol–water partition coefficient (Wildman–Crippen LogP) is 1.53. The molecule has 0 aromatic carbocycles. The van der Waals surface area contributed by atoms with Crippen LogP contribution in [0.25, 0.3) is 0 Å². The van der Waals surface area contributed by atoms with Gasteiger partial charge in [0.15, 0.2) is 5.96 Å². The Kier molecular flexibility index (Phi) is 7.64. The molecule has 142 valence electrons. The maximum Gasteiger partial charge on any atom is 0.213 e. The van der Waals surface area contributed by atoms with Crippen molar-refractivity contribution in [3.63, 3.8) is 0 Å². The Balaban J connectivity index is 1.78. The van der Waals surface area contributed by atoms with Crippen molar-refractivity contribution in [1.82, 2.24) is 20.3 Å². The number of nitrogens with one attached hydrogen (secondary N) is 3. The molecule has 7 nitrogen and oxygen atoms in total. The average Bonchev–Trinajstić information content (AvgIpc) is 2.81. The van der Waals surface area contributed by atoms with Gasteiger partial charge < -0.3 is 10.6 Å². The normalized spacial score (nSPS) is 15.9. The molecule has 1 aromatic rings. The van der Waals surface area contributed by atoms with Gasteiger partial charge in [0.2, 0.25) is 10.0 Å². The molecule has 1 fully saturated rings. The number of nitrogens with zero attached hydrogens (tertiary/aromatic N) is 2. The molecule has 9 heteroatoms. The number of rotatable bonds is 9. The minimum Gasteiger partial charge on any atom is -0.357 e. The number of hydrogen-bond donors (Lipinski definition) is 3. The first-order valence-corrected chi connectivity index (χ1v) is 11.3. The third-order valence-corrected chi connectivity index (χ3v) is 6.68. The third-order valence-electron chi connectivity index (χ3n) is 4.27. The minimum atomic E-state index is -3.24. The molecule has 0 saturated heterocycles. The van der Waals surface area contributed by atoms with E-state index in [4.69, 9.17) is 0 Å². The van der Waals surface area contributed by atoms with Crippen LogP contribution in [0.1, 0.15) is 41.8 Å². The highest BCUT2D eigenvalue weighted by atomic mass is 32.2. The fraction of sp³-hybridized carbons (Fsp3) is 0.750. The number of thiazole rings is 1. The summed E-state index contributed by atoms with van der Waals surface area (Å²) in [6, 6.07) is 0. The zero-order valence-electron chi connectivity index (χ0n) is 15.3. The van der Waals surface area contributed by atoms with Crippen molar-refractivity contribution in [2.45, 2.75) is 46.6 Å². The fourth-order valence-corrected chi connectivity index (χ4v) is 4.28. The summed E-state index contributed by atoms with van der Waals surface area (Å²) in [5, 5.41) is 7.17. The third kappa shape index (κ3) is 6.91. The molecule has 25 heavy (non-hydrogen) atoms. The summed E-state index contributed by atoms with van der Waals surface area (Å²) < 4.78 is 26.7. The summed E-state index contributed by atoms with van der Waals surface area (Å²) in [5.74, 6) is 1.17. The molecular formula is C16H29N5O2S2. The van der Waals surface area contributed by atoms with Crippen LogP contribution in [-0.4, -0.2) is 44.7 Å². The molecule has 1 heterocycles. The lowest BCUT2D eigenvalue weighted by Gasteiger charge is -2.25. The van der Waals surface area contributed by atoms with E-state index in [9.17, 15) is 8.42 Å². The van der Waals surface area contributed by atoms with Gasteiger partial charge in [-0.1, -0.05) is 6.42 Å². The Bertz CT molecular complexity index is 661. The SMILES string of the molecule is CCNC(=NCc1nc(C)c(C)s1)NCCS(=O)(=O)NCC1CCC1. The van der Waals surface area contributed by atoms with Crippen LogP contribution in [0.2, 0.25) is 0 Å². The number of hydrogen-bond acceptors (Lipinski definition) is 5. The molecule has 0 atom stereocenters. The largest absolute Gasteiger partial charge is 0.357 e. The molecule has 1 aliphatic rings. The minimum absolute atomic E-state index is 0.0413. The second kappa shape index (κ2) is 9.49. The fourth-order valence-electron chi connectivity index (χ4n) is 2.41. The number of aromatic nitrogens is 1. The van der Waals surface area contributed by atoms with Crippen LogP contribution in [0.15, 0.2) is 4.99 Å². The molecule has 1 aliphatic carbocycles. The number of aryl methyl sites for hydroxylation is 2. The summed E-state index contributed by atoms with van der Waals surface area (Å²) in [7, 11) is -3.24. The summed E-state index contributed by atoms with van der Waals surface area (Å²) in [6.45, 7) is 8.11. The van der Waals surface area contributed by atoms with Gasteiger partial charge >= 0.3 is 0 Å². The first-order chi connectivity index (χ1) is 11.9. The molecule has 0 radical (unpaired) electrons. The lowest BCUT2D eigenvalue weighted by atomic mass is 9.86. The van der Waals surface area contributed by atoms with Crippen molar-refractivity contribution in [3.05, 3.63) is 15.6 Å². The van der Waals surface area contributed by atoms with E-state index in [1.807, 2.05) is 20.8 Å². The highest BCUT2D eigenvalue weighted by Gasteiger charge is 2.20. The van der Waals surface area contributed by atoms with Crippen LogP contribution in [-0.2, 0) is 16.6 Å². The number of guanidine groups is 1. The topological polar surface area (TPSA) is 95.5 Å².